The minimum atomic E-state index is -0.853. The Balaban J connectivity index is 2.20. The Morgan fingerprint density at radius 1 is 1.30 bits per heavy atom. The maximum atomic E-state index is 13.0. The molecule has 0 aliphatic heterocycles. The summed E-state index contributed by atoms with van der Waals surface area (Å²) in [5.41, 5.74) is 5.24. The third-order valence-electron chi connectivity index (χ3n) is 3.25. The first kappa shape index (κ1) is 12.5. The van der Waals surface area contributed by atoms with Crippen LogP contribution < -0.4 is 11.2 Å². The first-order valence-corrected chi connectivity index (χ1v) is 6.25. The predicted octanol–water partition coefficient (Wildman–Crippen LogP) is 1.48. The largest absolute Gasteiger partial charge is 0.364 e. The van der Waals surface area contributed by atoms with Gasteiger partial charge in [-0.25, -0.2) is 4.39 Å². The van der Waals surface area contributed by atoms with Gasteiger partial charge in [-0.15, -0.1) is 0 Å². The average Bonchev–Trinajstić information content (AvgIpc) is 3.24. The molecule has 1 saturated carbocycles. The summed E-state index contributed by atoms with van der Waals surface area (Å²) in [5, 5.41) is 3.99. The van der Waals surface area contributed by atoms with Crippen molar-refractivity contribution in [2.45, 2.75) is 18.9 Å². The number of hydrogen-bond acceptors (Lipinski definition) is 3. The van der Waals surface area contributed by atoms with Gasteiger partial charge in [-0.2, -0.15) is 5.10 Å². The average molecular weight is 273 g/mol. The second-order valence-electron chi connectivity index (χ2n) is 4.80. The summed E-state index contributed by atoms with van der Waals surface area (Å²) in [6.07, 6.45) is 3.51. The molecular weight excluding hydrogens is 261 g/mol. The number of carbonyl (C=O) groups excluding carboxylic acids is 1. The summed E-state index contributed by atoms with van der Waals surface area (Å²) < 4.78 is 14.6. The number of halogens is 1. The number of hydrogen-bond donors (Lipinski definition) is 1. The first-order chi connectivity index (χ1) is 9.56. The van der Waals surface area contributed by atoms with Crippen LogP contribution in [0.1, 0.15) is 29.4 Å². The lowest BCUT2D eigenvalue weighted by Gasteiger charge is -2.08. The molecule has 1 heterocycles. The van der Waals surface area contributed by atoms with Gasteiger partial charge >= 0.3 is 0 Å². The molecule has 1 aromatic carbocycles. The van der Waals surface area contributed by atoms with E-state index in [4.69, 9.17) is 5.73 Å². The monoisotopic (exact) mass is 273 g/mol. The minimum Gasteiger partial charge on any atom is -0.364 e. The molecular formula is C14H12FN3O2. The molecule has 102 valence electrons. The molecule has 0 unspecified atom stereocenters. The second-order valence-corrected chi connectivity index (χ2v) is 4.80. The Hall–Kier alpha value is -2.50. The van der Waals surface area contributed by atoms with Crippen LogP contribution in [0.15, 0.2) is 35.3 Å². The van der Waals surface area contributed by atoms with Crippen molar-refractivity contribution in [3.8, 4) is 11.1 Å². The Kier molecular flexibility index (Phi) is 2.85. The molecule has 1 aliphatic carbocycles. The fraction of sp³-hybridized carbons (Fsp3) is 0.214. The van der Waals surface area contributed by atoms with Crippen LogP contribution in [0.4, 0.5) is 4.39 Å². The molecule has 0 atom stereocenters. The van der Waals surface area contributed by atoms with Crippen LogP contribution >= 0.6 is 0 Å². The zero-order valence-electron chi connectivity index (χ0n) is 10.5. The number of rotatable bonds is 3. The van der Waals surface area contributed by atoms with E-state index >= 15 is 0 Å². The van der Waals surface area contributed by atoms with Crippen molar-refractivity contribution in [1.29, 1.82) is 0 Å². The molecule has 1 fully saturated rings. The van der Waals surface area contributed by atoms with E-state index in [1.165, 1.54) is 24.3 Å². The third kappa shape index (κ3) is 2.20. The van der Waals surface area contributed by atoms with Crippen molar-refractivity contribution in [2.75, 3.05) is 0 Å². The van der Waals surface area contributed by atoms with Gasteiger partial charge in [-0.3, -0.25) is 14.3 Å². The molecule has 1 amide bonds. The lowest BCUT2D eigenvalue weighted by atomic mass is 10.1. The van der Waals surface area contributed by atoms with Crippen LogP contribution in [0.25, 0.3) is 11.1 Å². The number of nitrogens with zero attached hydrogens (tertiary/aromatic N) is 2. The number of benzene rings is 1. The highest BCUT2D eigenvalue weighted by atomic mass is 19.1. The van der Waals surface area contributed by atoms with Gasteiger partial charge in [0.15, 0.2) is 5.69 Å². The van der Waals surface area contributed by atoms with Gasteiger partial charge in [0, 0.05) is 11.8 Å². The number of aromatic nitrogens is 2. The number of nitrogens with two attached hydrogens (primary N) is 1. The summed E-state index contributed by atoms with van der Waals surface area (Å²) >= 11 is 0. The molecule has 5 nitrogen and oxygen atoms in total. The van der Waals surface area contributed by atoms with Gasteiger partial charge in [0.2, 0.25) is 5.43 Å². The van der Waals surface area contributed by atoms with E-state index in [1.54, 1.807) is 10.9 Å². The van der Waals surface area contributed by atoms with Crippen LogP contribution in [0.3, 0.4) is 0 Å². The second kappa shape index (κ2) is 4.56. The Morgan fingerprint density at radius 2 is 1.95 bits per heavy atom. The zero-order valence-corrected chi connectivity index (χ0v) is 10.5. The van der Waals surface area contributed by atoms with E-state index in [2.05, 4.69) is 5.10 Å². The van der Waals surface area contributed by atoms with Gasteiger partial charge in [-0.1, -0.05) is 12.1 Å². The van der Waals surface area contributed by atoms with Crippen LogP contribution in [0.5, 0.6) is 0 Å². The maximum Gasteiger partial charge on any atom is 0.273 e. The fourth-order valence-corrected chi connectivity index (χ4v) is 2.03. The predicted molar refractivity (Wildman–Crippen MR) is 70.7 cm³/mol. The summed E-state index contributed by atoms with van der Waals surface area (Å²) in [5.74, 6) is -1.24. The fourth-order valence-electron chi connectivity index (χ4n) is 2.03. The van der Waals surface area contributed by atoms with E-state index in [0.29, 0.717) is 11.1 Å². The molecule has 1 aliphatic rings. The Morgan fingerprint density at radius 3 is 2.50 bits per heavy atom. The van der Waals surface area contributed by atoms with E-state index in [9.17, 15) is 14.0 Å². The van der Waals surface area contributed by atoms with Gasteiger partial charge in [0.05, 0.1) is 6.04 Å². The zero-order chi connectivity index (χ0) is 14.3. The molecule has 0 radical (unpaired) electrons. The van der Waals surface area contributed by atoms with Gasteiger partial charge in [0.1, 0.15) is 5.82 Å². The van der Waals surface area contributed by atoms with Crippen molar-refractivity contribution >= 4 is 5.91 Å². The Bertz CT molecular complexity index is 733. The Labute approximate surface area is 113 Å². The van der Waals surface area contributed by atoms with Crippen LogP contribution in [0.2, 0.25) is 0 Å². The third-order valence-corrected chi connectivity index (χ3v) is 3.25. The van der Waals surface area contributed by atoms with Crippen LogP contribution in [-0.4, -0.2) is 15.7 Å². The molecule has 20 heavy (non-hydrogen) atoms. The first-order valence-electron chi connectivity index (χ1n) is 6.25. The lowest BCUT2D eigenvalue weighted by molar-refractivity contribution is 0.0992. The topological polar surface area (TPSA) is 78.0 Å². The van der Waals surface area contributed by atoms with E-state index in [1.807, 2.05) is 0 Å². The highest BCUT2D eigenvalue weighted by Crippen LogP contribution is 2.34. The van der Waals surface area contributed by atoms with Crippen molar-refractivity contribution in [3.05, 3.63) is 52.2 Å². The van der Waals surface area contributed by atoms with Crippen molar-refractivity contribution < 1.29 is 9.18 Å². The molecule has 0 saturated heterocycles. The van der Waals surface area contributed by atoms with Gasteiger partial charge in [-0.05, 0) is 30.5 Å². The van der Waals surface area contributed by atoms with E-state index in [-0.39, 0.29) is 17.6 Å². The number of primary amides is 1. The summed E-state index contributed by atoms with van der Waals surface area (Å²) in [6.45, 7) is 0. The summed E-state index contributed by atoms with van der Waals surface area (Å²) in [4.78, 5) is 23.6. The van der Waals surface area contributed by atoms with Gasteiger partial charge < -0.3 is 5.73 Å². The van der Waals surface area contributed by atoms with Crippen LogP contribution in [-0.2, 0) is 0 Å². The van der Waals surface area contributed by atoms with Gasteiger partial charge in [0.25, 0.3) is 5.91 Å². The molecule has 0 spiro atoms. The molecule has 3 rings (SSSR count). The van der Waals surface area contributed by atoms with Crippen LogP contribution in [0, 0.1) is 5.82 Å². The molecule has 0 bridgehead atoms. The molecule has 2 N–H and O–H groups in total. The maximum absolute atomic E-state index is 13.0. The normalized spacial score (nSPS) is 14.2. The lowest BCUT2D eigenvalue weighted by Crippen LogP contribution is -2.27. The summed E-state index contributed by atoms with van der Waals surface area (Å²) in [6, 6.07) is 5.72. The highest BCUT2D eigenvalue weighted by Gasteiger charge is 2.26. The number of carbonyl (C=O) groups is 1. The van der Waals surface area contributed by atoms with Crippen molar-refractivity contribution in [1.82, 2.24) is 9.78 Å². The highest BCUT2D eigenvalue weighted by molar-refractivity contribution is 5.91. The van der Waals surface area contributed by atoms with E-state index in [0.717, 1.165) is 12.8 Å². The number of amides is 1. The minimum absolute atomic E-state index is 0.202. The molecule has 2 aromatic rings. The van der Waals surface area contributed by atoms with Crippen molar-refractivity contribution in [3.63, 3.8) is 0 Å². The SMILES string of the molecule is NC(=O)c1nn(C2CC2)cc(-c2ccc(F)cc2)c1=O. The van der Waals surface area contributed by atoms with E-state index < -0.39 is 11.3 Å². The van der Waals surface area contributed by atoms with Crippen molar-refractivity contribution in [2.24, 2.45) is 5.73 Å². The summed E-state index contributed by atoms with van der Waals surface area (Å²) in [7, 11) is 0. The smallest absolute Gasteiger partial charge is 0.273 e. The standard InChI is InChI=1S/C14H12FN3O2/c15-9-3-1-8(2-4-9)11-7-18(10-5-6-10)17-12(13(11)19)14(16)20/h1-4,7,10H,5-6H2,(H2,16,20). The molecule has 6 heteroatoms. The molecule has 1 aromatic heterocycles. The quantitative estimate of drug-likeness (QED) is 0.920.